The zero-order valence-corrected chi connectivity index (χ0v) is 20.8. The van der Waals surface area contributed by atoms with E-state index >= 15 is 0 Å². The third kappa shape index (κ3) is 3.61. The lowest BCUT2D eigenvalue weighted by Gasteiger charge is -2.26. The lowest BCUT2D eigenvalue weighted by molar-refractivity contribution is -0.139. The molecule has 2 atom stereocenters. The minimum Gasteiger partial charge on any atom is -0.491 e. The van der Waals surface area contributed by atoms with E-state index in [1.54, 1.807) is 7.11 Å². The first-order valence-electron chi connectivity index (χ1n) is 12.6. The number of aryl methyl sites for hydroxylation is 1. The molecule has 4 aliphatic rings. The zero-order valence-electron chi connectivity index (χ0n) is 20.8. The Morgan fingerprint density at radius 2 is 2.00 bits per heavy atom. The standard InChI is InChI=1S/C29H30N2O5/c1-15(2)36-18-6-8-19-16(12-18)4-7-20-24(19)26-22(14-30-28(26)32)25-21-13-17(29(33)35-11-10-34-3)5-9-23(21)31-27(20)25/h5-6,8-9,12-13,15,21,23,31H,4,7,10-11,14H2,1-3H3,(H,30,32). The van der Waals surface area contributed by atoms with E-state index in [0.717, 1.165) is 52.1 Å². The monoisotopic (exact) mass is 486 g/mol. The summed E-state index contributed by atoms with van der Waals surface area (Å²) in [6, 6.07) is 6.25. The van der Waals surface area contributed by atoms with Gasteiger partial charge in [0.25, 0.3) is 5.91 Å². The summed E-state index contributed by atoms with van der Waals surface area (Å²) < 4.78 is 16.3. The van der Waals surface area contributed by atoms with Gasteiger partial charge in [-0.15, -0.1) is 0 Å². The van der Waals surface area contributed by atoms with Crippen molar-refractivity contribution in [1.82, 2.24) is 5.32 Å². The maximum Gasteiger partial charge on any atom is 0.337 e. The largest absolute Gasteiger partial charge is 0.491 e. The van der Waals surface area contributed by atoms with Crippen molar-refractivity contribution in [3.63, 3.8) is 0 Å². The molecule has 0 saturated carbocycles. The molecule has 0 fully saturated rings. The highest BCUT2D eigenvalue weighted by atomic mass is 16.6. The van der Waals surface area contributed by atoms with E-state index in [2.05, 4.69) is 22.8 Å². The summed E-state index contributed by atoms with van der Waals surface area (Å²) in [4.78, 5) is 25.8. The van der Waals surface area contributed by atoms with Gasteiger partial charge in [-0.2, -0.15) is 0 Å². The number of nitrogens with one attached hydrogen (secondary N) is 2. The van der Waals surface area contributed by atoms with Gasteiger partial charge >= 0.3 is 5.97 Å². The van der Waals surface area contributed by atoms with Crippen LogP contribution in [-0.4, -0.2) is 44.3 Å². The van der Waals surface area contributed by atoms with E-state index in [-0.39, 0.29) is 36.5 Å². The topological polar surface area (TPSA) is 85.9 Å². The zero-order chi connectivity index (χ0) is 25.0. The average Bonchev–Trinajstić information content (AvgIpc) is 3.43. The van der Waals surface area contributed by atoms with Gasteiger partial charge in [0.15, 0.2) is 0 Å². The fraction of sp³-hybridized carbons (Fsp3) is 0.379. The van der Waals surface area contributed by atoms with Crippen LogP contribution in [0.2, 0.25) is 0 Å². The molecule has 0 bridgehead atoms. The van der Waals surface area contributed by atoms with Crippen molar-refractivity contribution in [2.75, 3.05) is 25.6 Å². The average molecular weight is 487 g/mol. The number of hydrogen-bond donors (Lipinski definition) is 2. The Balaban J connectivity index is 1.44. The van der Waals surface area contributed by atoms with Gasteiger partial charge in [0.2, 0.25) is 0 Å². The Labute approximate surface area is 210 Å². The van der Waals surface area contributed by atoms with Crippen LogP contribution in [0.4, 0.5) is 5.69 Å². The van der Waals surface area contributed by atoms with Crippen molar-refractivity contribution in [3.8, 4) is 16.9 Å². The summed E-state index contributed by atoms with van der Waals surface area (Å²) in [6.45, 7) is 5.11. The second-order valence-electron chi connectivity index (χ2n) is 9.97. The molecule has 2 aromatic carbocycles. The van der Waals surface area contributed by atoms with Crippen molar-refractivity contribution in [3.05, 3.63) is 69.8 Å². The van der Waals surface area contributed by atoms with Gasteiger partial charge in [-0.3, -0.25) is 4.79 Å². The van der Waals surface area contributed by atoms with E-state index in [1.165, 1.54) is 11.1 Å². The first-order chi connectivity index (χ1) is 17.5. The molecular weight excluding hydrogens is 456 g/mol. The molecule has 7 heteroatoms. The van der Waals surface area contributed by atoms with E-state index in [9.17, 15) is 9.59 Å². The Morgan fingerprint density at radius 3 is 2.81 bits per heavy atom. The molecule has 0 radical (unpaired) electrons. The molecule has 2 N–H and O–H groups in total. The molecule has 6 rings (SSSR count). The van der Waals surface area contributed by atoms with Crippen molar-refractivity contribution in [1.29, 1.82) is 0 Å². The SMILES string of the molecule is COCCOC(=O)C1=CC2c3c4c(c5c(c3NC2C=C1)CCc1cc(OC(C)C)ccc1-5)C(=O)NC4. The highest BCUT2D eigenvalue weighted by molar-refractivity contribution is 6.08. The summed E-state index contributed by atoms with van der Waals surface area (Å²) in [6.07, 6.45) is 7.67. The van der Waals surface area contributed by atoms with Crippen LogP contribution in [0.25, 0.3) is 11.1 Å². The van der Waals surface area contributed by atoms with Crippen LogP contribution in [0.5, 0.6) is 5.75 Å². The van der Waals surface area contributed by atoms with E-state index in [0.29, 0.717) is 18.7 Å². The van der Waals surface area contributed by atoms with Crippen LogP contribution in [0.15, 0.2) is 42.0 Å². The number of benzene rings is 2. The van der Waals surface area contributed by atoms with Gasteiger partial charge in [0.1, 0.15) is 12.4 Å². The number of fused-ring (bicyclic) bond motifs is 10. The van der Waals surface area contributed by atoms with Crippen LogP contribution < -0.4 is 15.4 Å². The third-order valence-electron chi connectivity index (χ3n) is 7.39. The maximum atomic E-state index is 13.2. The first-order valence-corrected chi connectivity index (χ1v) is 12.6. The van der Waals surface area contributed by atoms with Crippen molar-refractivity contribution in [2.24, 2.45) is 0 Å². The number of hydrogen-bond acceptors (Lipinski definition) is 6. The molecule has 0 spiro atoms. The normalized spacial score (nSPS) is 20.4. The van der Waals surface area contributed by atoms with Crippen LogP contribution in [0.1, 0.15) is 52.4 Å². The second kappa shape index (κ2) is 8.82. The molecule has 2 aliphatic heterocycles. The predicted octanol–water partition coefficient (Wildman–Crippen LogP) is 4.05. The summed E-state index contributed by atoms with van der Waals surface area (Å²) in [5.41, 5.74) is 9.11. The summed E-state index contributed by atoms with van der Waals surface area (Å²) in [7, 11) is 1.58. The lowest BCUT2D eigenvalue weighted by Crippen LogP contribution is -2.22. The minimum absolute atomic E-state index is 0.0302. The van der Waals surface area contributed by atoms with E-state index < -0.39 is 0 Å². The Bertz CT molecular complexity index is 1340. The number of carbonyl (C=O) groups excluding carboxylic acids is 2. The van der Waals surface area contributed by atoms with Gasteiger partial charge in [0, 0.05) is 30.8 Å². The third-order valence-corrected chi connectivity index (χ3v) is 7.39. The molecule has 0 aromatic heterocycles. The highest BCUT2D eigenvalue weighted by Crippen LogP contribution is 2.52. The molecule has 2 aliphatic carbocycles. The van der Waals surface area contributed by atoms with Crippen LogP contribution >= 0.6 is 0 Å². The van der Waals surface area contributed by atoms with Gasteiger partial charge in [-0.05, 0) is 72.7 Å². The summed E-state index contributed by atoms with van der Waals surface area (Å²) >= 11 is 0. The smallest absolute Gasteiger partial charge is 0.337 e. The number of ether oxygens (including phenoxy) is 3. The number of amides is 1. The number of methoxy groups -OCH3 is 1. The van der Waals surface area contributed by atoms with Crippen LogP contribution in [-0.2, 0) is 33.7 Å². The molecule has 1 amide bonds. The van der Waals surface area contributed by atoms with Gasteiger partial charge in [-0.25, -0.2) is 4.79 Å². The molecule has 7 nitrogen and oxygen atoms in total. The fourth-order valence-corrected chi connectivity index (χ4v) is 5.96. The quantitative estimate of drug-likeness (QED) is 0.473. The molecule has 0 saturated heterocycles. The maximum absolute atomic E-state index is 13.2. The molecule has 2 aromatic rings. The number of esters is 1. The first kappa shape index (κ1) is 22.9. The van der Waals surface area contributed by atoms with E-state index in [1.807, 2.05) is 38.1 Å². The summed E-state index contributed by atoms with van der Waals surface area (Å²) in [5, 5.41) is 6.78. The number of carbonyl (C=O) groups is 2. The number of anilines is 1. The molecular formula is C29H30N2O5. The number of rotatable bonds is 6. The Morgan fingerprint density at radius 1 is 1.14 bits per heavy atom. The lowest BCUT2D eigenvalue weighted by atomic mass is 9.77. The van der Waals surface area contributed by atoms with Gasteiger partial charge in [0.05, 0.1) is 29.9 Å². The van der Waals surface area contributed by atoms with Crippen molar-refractivity contribution >= 4 is 17.6 Å². The van der Waals surface area contributed by atoms with Crippen LogP contribution in [0.3, 0.4) is 0 Å². The fourth-order valence-electron chi connectivity index (χ4n) is 5.96. The highest BCUT2D eigenvalue weighted by Gasteiger charge is 2.42. The summed E-state index contributed by atoms with van der Waals surface area (Å²) in [5.74, 6) is 0.438. The second-order valence-corrected chi connectivity index (χ2v) is 9.97. The Hall–Kier alpha value is -3.58. The van der Waals surface area contributed by atoms with Crippen LogP contribution in [0, 0.1) is 0 Å². The molecule has 2 unspecified atom stereocenters. The molecule has 186 valence electrons. The minimum atomic E-state index is -0.354. The molecule has 2 heterocycles. The molecule has 36 heavy (non-hydrogen) atoms. The van der Waals surface area contributed by atoms with Gasteiger partial charge in [-0.1, -0.05) is 18.2 Å². The predicted molar refractivity (Wildman–Crippen MR) is 136 cm³/mol. The Kier molecular flexibility index (Phi) is 5.60. The van der Waals surface area contributed by atoms with Gasteiger partial charge < -0.3 is 24.8 Å². The van der Waals surface area contributed by atoms with E-state index in [4.69, 9.17) is 14.2 Å². The van der Waals surface area contributed by atoms with Crippen molar-refractivity contribution in [2.45, 2.75) is 51.3 Å². The van der Waals surface area contributed by atoms with Crippen molar-refractivity contribution < 1.29 is 23.8 Å².